The minimum atomic E-state index is -0.768. The van der Waals surface area contributed by atoms with Gasteiger partial charge in [-0.1, -0.05) is 12.1 Å². The quantitative estimate of drug-likeness (QED) is 0.720. The van der Waals surface area contributed by atoms with E-state index >= 15 is 0 Å². The molecule has 3 amide bonds. The highest BCUT2D eigenvalue weighted by Gasteiger charge is 2.16. The number of carbonyl (C=O) groups is 2. The molecule has 0 aromatic heterocycles. The van der Waals surface area contributed by atoms with Crippen LogP contribution < -0.4 is 21.1 Å². The van der Waals surface area contributed by atoms with Crippen LogP contribution in [0.3, 0.4) is 0 Å². The van der Waals surface area contributed by atoms with Crippen LogP contribution >= 0.6 is 0 Å². The molecule has 98 valence electrons. The Balaban J connectivity index is 2.60. The number of carbonyl (C=O) groups excluding carboxylic acids is 2. The Labute approximate surface area is 105 Å². The summed E-state index contributed by atoms with van der Waals surface area (Å²) < 4.78 is 5.42. The smallest absolute Gasteiger partial charge is 0.321 e. The molecule has 0 saturated heterocycles. The Morgan fingerprint density at radius 2 is 2.17 bits per heavy atom. The number of imide groups is 1. The van der Waals surface area contributed by atoms with E-state index in [-0.39, 0.29) is 0 Å². The topological polar surface area (TPSA) is 93.5 Å². The molecule has 0 fully saturated rings. The summed E-state index contributed by atoms with van der Waals surface area (Å²) in [4.78, 5) is 22.5. The molecule has 0 spiro atoms. The molecule has 4 N–H and O–H groups in total. The zero-order valence-electron chi connectivity index (χ0n) is 10.4. The van der Waals surface area contributed by atoms with Gasteiger partial charge in [-0.15, -0.1) is 0 Å². The number of hydrogen-bond acceptors (Lipinski definition) is 4. The van der Waals surface area contributed by atoms with Crippen molar-refractivity contribution in [3.63, 3.8) is 0 Å². The van der Waals surface area contributed by atoms with Gasteiger partial charge in [0.05, 0.1) is 0 Å². The third-order valence-electron chi connectivity index (χ3n) is 2.28. The van der Waals surface area contributed by atoms with E-state index < -0.39 is 18.0 Å². The van der Waals surface area contributed by atoms with Crippen LogP contribution in [0, 0.1) is 0 Å². The van der Waals surface area contributed by atoms with E-state index in [1.54, 1.807) is 25.1 Å². The third kappa shape index (κ3) is 4.06. The van der Waals surface area contributed by atoms with E-state index in [0.717, 1.165) is 5.56 Å². The fourth-order valence-electron chi connectivity index (χ4n) is 1.28. The molecule has 1 rings (SSSR count). The summed E-state index contributed by atoms with van der Waals surface area (Å²) in [6.07, 6.45) is -0.768. The Morgan fingerprint density at radius 1 is 1.44 bits per heavy atom. The number of nitrogens with one attached hydrogen (secondary N) is 2. The summed E-state index contributed by atoms with van der Waals surface area (Å²) in [7, 11) is 1.43. The number of amides is 3. The van der Waals surface area contributed by atoms with Crippen LogP contribution in [0.2, 0.25) is 0 Å². The predicted octanol–water partition coefficient (Wildman–Crippen LogP) is 0.368. The molecule has 1 unspecified atom stereocenters. The number of urea groups is 1. The van der Waals surface area contributed by atoms with Gasteiger partial charge in [-0.25, -0.2) is 4.79 Å². The second-order valence-corrected chi connectivity index (χ2v) is 3.68. The van der Waals surface area contributed by atoms with Gasteiger partial charge in [0.15, 0.2) is 6.10 Å². The maximum absolute atomic E-state index is 11.5. The first-order valence-electron chi connectivity index (χ1n) is 5.55. The lowest BCUT2D eigenvalue weighted by Crippen LogP contribution is -2.43. The second-order valence-electron chi connectivity index (χ2n) is 3.68. The summed E-state index contributed by atoms with van der Waals surface area (Å²) >= 11 is 0. The Kier molecular flexibility index (Phi) is 5.13. The van der Waals surface area contributed by atoms with Crippen molar-refractivity contribution < 1.29 is 14.3 Å². The lowest BCUT2D eigenvalue weighted by Gasteiger charge is -2.14. The SMILES string of the molecule is CNC(=O)NC(=O)C(C)Oc1cccc(CN)c1. The highest BCUT2D eigenvalue weighted by Crippen LogP contribution is 2.14. The normalized spacial score (nSPS) is 11.5. The van der Waals surface area contributed by atoms with Crippen molar-refractivity contribution in [2.75, 3.05) is 7.05 Å². The molecule has 1 atom stereocenters. The number of rotatable bonds is 4. The number of benzene rings is 1. The first-order chi connectivity index (χ1) is 8.56. The van der Waals surface area contributed by atoms with Gasteiger partial charge in [0.2, 0.25) is 0 Å². The van der Waals surface area contributed by atoms with Crippen molar-refractivity contribution in [1.29, 1.82) is 0 Å². The molecule has 0 radical (unpaired) electrons. The van der Waals surface area contributed by atoms with Gasteiger partial charge in [-0.3, -0.25) is 10.1 Å². The maximum atomic E-state index is 11.5. The van der Waals surface area contributed by atoms with E-state index in [9.17, 15) is 9.59 Å². The summed E-state index contributed by atoms with van der Waals surface area (Å²) in [5.41, 5.74) is 6.41. The first kappa shape index (κ1) is 14.0. The molecule has 1 aromatic rings. The molecule has 0 bridgehead atoms. The summed E-state index contributed by atoms with van der Waals surface area (Å²) in [5.74, 6) is 0.0324. The van der Waals surface area contributed by atoms with Crippen molar-refractivity contribution in [1.82, 2.24) is 10.6 Å². The van der Waals surface area contributed by atoms with Crippen LogP contribution in [0.15, 0.2) is 24.3 Å². The lowest BCUT2D eigenvalue weighted by atomic mass is 10.2. The average Bonchev–Trinajstić information content (AvgIpc) is 2.38. The molecule has 0 heterocycles. The van der Waals surface area contributed by atoms with Gasteiger partial charge in [-0.05, 0) is 24.6 Å². The molecular weight excluding hydrogens is 234 g/mol. The molecule has 1 aromatic carbocycles. The molecule has 6 heteroatoms. The largest absolute Gasteiger partial charge is 0.481 e. The van der Waals surface area contributed by atoms with Crippen LogP contribution in [-0.2, 0) is 11.3 Å². The van der Waals surface area contributed by atoms with Crippen molar-refractivity contribution in [3.8, 4) is 5.75 Å². The number of hydrogen-bond donors (Lipinski definition) is 3. The van der Waals surface area contributed by atoms with Gasteiger partial charge in [0.25, 0.3) is 5.91 Å². The second kappa shape index (κ2) is 6.61. The molecular formula is C12H17N3O3. The monoisotopic (exact) mass is 251 g/mol. The molecule has 0 aliphatic carbocycles. The highest BCUT2D eigenvalue weighted by molar-refractivity contribution is 5.96. The summed E-state index contributed by atoms with van der Waals surface area (Å²) in [5, 5.41) is 4.43. The van der Waals surface area contributed by atoms with Crippen LogP contribution in [0.25, 0.3) is 0 Å². The molecule has 0 aliphatic rings. The van der Waals surface area contributed by atoms with Crippen molar-refractivity contribution >= 4 is 11.9 Å². The Bertz CT molecular complexity index is 434. The van der Waals surface area contributed by atoms with E-state index in [4.69, 9.17) is 10.5 Å². The molecule has 18 heavy (non-hydrogen) atoms. The fraction of sp³-hybridized carbons (Fsp3) is 0.333. The van der Waals surface area contributed by atoms with Crippen LogP contribution in [0.4, 0.5) is 4.79 Å². The minimum Gasteiger partial charge on any atom is -0.481 e. The van der Waals surface area contributed by atoms with Gasteiger partial charge < -0.3 is 15.8 Å². The molecule has 0 aliphatic heterocycles. The summed E-state index contributed by atoms with van der Waals surface area (Å²) in [6, 6.07) is 6.57. The molecule has 0 saturated carbocycles. The van der Waals surface area contributed by atoms with Gasteiger partial charge in [0, 0.05) is 13.6 Å². The van der Waals surface area contributed by atoms with Crippen LogP contribution in [0.5, 0.6) is 5.75 Å². The van der Waals surface area contributed by atoms with E-state index in [1.807, 2.05) is 6.07 Å². The zero-order chi connectivity index (χ0) is 13.5. The Morgan fingerprint density at radius 3 is 2.78 bits per heavy atom. The highest BCUT2D eigenvalue weighted by atomic mass is 16.5. The lowest BCUT2D eigenvalue weighted by molar-refractivity contribution is -0.126. The average molecular weight is 251 g/mol. The fourth-order valence-corrected chi connectivity index (χ4v) is 1.28. The van der Waals surface area contributed by atoms with Gasteiger partial charge >= 0.3 is 6.03 Å². The van der Waals surface area contributed by atoms with Crippen molar-refractivity contribution in [2.45, 2.75) is 19.6 Å². The van der Waals surface area contributed by atoms with E-state index in [2.05, 4.69) is 10.6 Å². The van der Waals surface area contributed by atoms with Crippen molar-refractivity contribution in [3.05, 3.63) is 29.8 Å². The van der Waals surface area contributed by atoms with Crippen LogP contribution in [0.1, 0.15) is 12.5 Å². The standard InChI is InChI=1S/C12H17N3O3/c1-8(11(16)15-12(17)14-2)18-10-5-3-4-9(6-10)7-13/h3-6,8H,7,13H2,1-2H3,(H2,14,15,16,17). The third-order valence-corrected chi connectivity index (χ3v) is 2.28. The van der Waals surface area contributed by atoms with E-state index in [0.29, 0.717) is 12.3 Å². The summed E-state index contributed by atoms with van der Waals surface area (Å²) in [6.45, 7) is 1.96. The Hall–Kier alpha value is -2.08. The van der Waals surface area contributed by atoms with Crippen LogP contribution in [-0.4, -0.2) is 25.1 Å². The van der Waals surface area contributed by atoms with E-state index in [1.165, 1.54) is 7.05 Å². The predicted molar refractivity (Wildman–Crippen MR) is 67.0 cm³/mol. The number of ether oxygens (including phenoxy) is 1. The number of nitrogens with two attached hydrogens (primary N) is 1. The first-order valence-corrected chi connectivity index (χ1v) is 5.55. The van der Waals surface area contributed by atoms with Gasteiger partial charge in [0.1, 0.15) is 5.75 Å². The minimum absolute atomic E-state index is 0.399. The van der Waals surface area contributed by atoms with Gasteiger partial charge in [-0.2, -0.15) is 0 Å². The zero-order valence-corrected chi connectivity index (χ0v) is 10.4. The van der Waals surface area contributed by atoms with Crippen molar-refractivity contribution in [2.24, 2.45) is 5.73 Å². The molecule has 6 nitrogen and oxygen atoms in total. The maximum Gasteiger partial charge on any atom is 0.321 e.